The number of thiophene rings is 1. The Balaban J connectivity index is 1.61. The van der Waals surface area contributed by atoms with Gasteiger partial charge in [-0.2, -0.15) is 0 Å². The lowest BCUT2D eigenvalue weighted by Gasteiger charge is -2.53. The minimum Gasteiger partial charge on any atom is -0.392 e. The van der Waals surface area contributed by atoms with E-state index in [4.69, 9.17) is 4.74 Å². The van der Waals surface area contributed by atoms with Crippen LogP contribution in [0.2, 0.25) is 0 Å². The largest absolute Gasteiger partial charge is 0.392 e. The van der Waals surface area contributed by atoms with Gasteiger partial charge in [0.2, 0.25) is 0 Å². The first-order valence-corrected chi connectivity index (χ1v) is 8.01. The molecule has 1 aromatic rings. The molecule has 0 amide bonds. The van der Waals surface area contributed by atoms with Gasteiger partial charge in [-0.05, 0) is 24.3 Å². The van der Waals surface area contributed by atoms with E-state index >= 15 is 0 Å². The molecule has 3 rings (SSSR count). The van der Waals surface area contributed by atoms with Gasteiger partial charge in [-0.1, -0.05) is 31.7 Å². The minimum absolute atomic E-state index is 0.0910. The van der Waals surface area contributed by atoms with Crippen molar-refractivity contribution in [2.24, 2.45) is 5.41 Å². The summed E-state index contributed by atoms with van der Waals surface area (Å²) in [6.45, 7) is 0.719. The molecule has 2 saturated carbocycles. The molecule has 1 aromatic heterocycles. The molecule has 0 radical (unpaired) electrons. The van der Waals surface area contributed by atoms with Crippen LogP contribution in [0.3, 0.4) is 0 Å². The van der Waals surface area contributed by atoms with E-state index in [1.807, 2.05) is 0 Å². The minimum atomic E-state index is -0.121. The average molecular weight is 266 g/mol. The van der Waals surface area contributed by atoms with Crippen molar-refractivity contribution in [3.05, 3.63) is 22.4 Å². The molecule has 0 aliphatic heterocycles. The maximum atomic E-state index is 10.2. The van der Waals surface area contributed by atoms with Crippen LogP contribution >= 0.6 is 11.3 Å². The van der Waals surface area contributed by atoms with Gasteiger partial charge >= 0.3 is 0 Å². The first-order chi connectivity index (χ1) is 8.81. The fraction of sp³-hybridized carbons (Fsp3) is 0.733. The van der Waals surface area contributed by atoms with E-state index in [1.165, 1.54) is 30.6 Å². The number of hydrogen-bond acceptors (Lipinski definition) is 3. The van der Waals surface area contributed by atoms with E-state index in [1.54, 1.807) is 11.3 Å². The number of hydrogen-bond donors (Lipinski definition) is 1. The van der Waals surface area contributed by atoms with Crippen LogP contribution < -0.4 is 0 Å². The molecule has 0 saturated heterocycles. The monoisotopic (exact) mass is 266 g/mol. The SMILES string of the molecule is OC1CC(OCc2cccs2)C12CCCCCC2. The Morgan fingerprint density at radius 2 is 2.06 bits per heavy atom. The van der Waals surface area contributed by atoms with E-state index in [-0.39, 0.29) is 17.6 Å². The lowest BCUT2D eigenvalue weighted by Crippen LogP contribution is -2.57. The van der Waals surface area contributed by atoms with Crippen molar-refractivity contribution < 1.29 is 9.84 Å². The maximum absolute atomic E-state index is 10.2. The third-order valence-electron chi connectivity index (χ3n) is 4.78. The second-order valence-corrected chi connectivity index (χ2v) is 6.81. The van der Waals surface area contributed by atoms with Crippen LogP contribution in [-0.4, -0.2) is 17.3 Å². The summed E-state index contributed by atoms with van der Waals surface area (Å²) in [4.78, 5) is 1.29. The lowest BCUT2D eigenvalue weighted by molar-refractivity contribution is -0.203. The lowest BCUT2D eigenvalue weighted by atomic mass is 9.59. The standard InChI is InChI=1S/C15H22O2S/c16-13-10-14(17-11-12-6-5-9-18-12)15(13)7-3-1-2-4-8-15/h5-6,9,13-14,16H,1-4,7-8,10-11H2. The van der Waals surface area contributed by atoms with Crippen molar-refractivity contribution in [3.8, 4) is 0 Å². The van der Waals surface area contributed by atoms with Crippen molar-refractivity contribution in [1.29, 1.82) is 0 Å². The van der Waals surface area contributed by atoms with Gasteiger partial charge < -0.3 is 9.84 Å². The Morgan fingerprint density at radius 3 is 2.67 bits per heavy atom. The van der Waals surface area contributed by atoms with E-state index in [2.05, 4.69) is 17.5 Å². The van der Waals surface area contributed by atoms with Crippen LogP contribution in [0.15, 0.2) is 17.5 Å². The fourth-order valence-electron chi connectivity index (χ4n) is 3.58. The molecule has 1 heterocycles. The number of ether oxygens (including phenoxy) is 1. The summed E-state index contributed by atoms with van der Waals surface area (Å²) in [6, 6.07) is 4.19. The van der Waals surface area contributed by atoms with Gasteiger partial charge in [0, 0.05) is 16.7 Å². The van der Waals surface area contributed by atoms with E-state index in [0.29, 0.717) is 0 Å². The fourth-order valence-corrected chi connectivity index (χ4v) is 4.20. The van der Waals surface area contributed by atoms with Crippen molar-refractivity contribution >= 4 is 11.3 Å². The second-order valence-electron chi connectivity index (χ2n) is 5.78. The zero-order valence-electron chi connectivity index (χ0n) is 10.8. The van der Waals surface area contributed by atoms with Gasteiger partial charge in [0.15, 0.2) is 0 Å². The molecular formula is C15H22O2S. The quantitative estimate of drug-likeness (QED) is 0.903. The van der Waals surface area contributed by atoms with Crippen LogP contribution in [0, 0.1) is 5.41 Å². The number of rotatable bonds is 3. The summed E-state index contributed by atoms with van der Waals surface area (Å²) in [5, 5.41) is 12.3. The Bertz CT molecular complexity index is 366. The molecule has 2 nitrogen and oxygen atoms in total. The zero-order chi connectivity index (χ0) is 12.4. The Labute approximate surface area is 113 Å². The van der Waals surface area contributed by atoms with Crippen LogP contribution in [0.1, 0.15) is 49.8 Å². The smallest absolute Gasteiger partial charge is 0.0813 e. The van der Waals surface area contributed by atoms with Gasteiger partial charge in [0.05, 0.1) is 18.8 Å². The Morgan fingerprint density at radius 1 is 1.28 bits per heavy atom. The van der Waals surface area contributed by atoms with Gasteiger partial charge in [0.1, 0.15) is 0 Å². The predicted octanol–water partition coefficient (Wildman–Crippen LogP) is 3.74. The Hall–Kier alpha value is -0.380. The van der Waals surface area contributed by atoms with Crippen molar-refractivity contribution in [2.75, 3.05) is 0 Å². The molecule has 2 aliphatic carbocycles. The summed E-state index contributed by atoms with van der Waals surface area (Å²) in [6.07, 6.45) is 8.48. The maximum Gasteiger partial charge on any atom is 0.0813 e. The topological polar surface area (TPSA) is 29.5 Å². The highest BCUT2D eigenvalue weighted by molar-refractivity contribution is 7.09. The van der Waals surface area contributed by atoms with Crippen LogP contribution in [0.25, 0.3) is 0 Å². The average Bonchev–Trinajstić information content (AvgIpc) is 2.75. The van der Waals surface area contributed by atoms with Crippen LogP contribution in [0.5, 0.6) is 0 Å². The summed E-state index contributed by atoms with van der Waals surface area (Å²) in [5.41, 5.74) is 0.0910. The molecule has 3 heteroatoms. The van der Waals surface area contributed by atoms with Crippen molar-refractivity contribution in [3.63, 3.8) is 0 Å². The van der Waals surface area contributed by atoms with Crippen molar-refractivity contribution in [2.45, 2.75) is 63.8 Å². The molecule has 2 atom stereocenters. The molecule has 2 unspecified atom stereocenters. The van der Waals surface area contributed by atoms with Gasteiger partial charge in [-0.3, -0.25) is 0 Å². The normalized spacial score (nSPS) is 30.9. The molecule has 1 spiro atoms. The third-order valence-corrected chi connectivity index (χ3v) is 5.63. The molecule has 0 aromatic carbocycles. The first kappa shape index (κ1) is 12.6. The van der Waals surface area contributed by atoms with E-state index in [9.17, 15) is 5.11 Å². The highest BCUT2D eigenvalue weighted by atomic mass is 32.1. The summed E-state index contributed by atoms with van der Waals surface area (Å²) in [7, 11) is 0. The molecule has 2 aliphatic rings. The number of aliphatic hydroxyl groups is 1. The molecule has 0 bridgehead atoms. The van der Waals surface area contributed by atoms with Crippen molar-refractivity contribution in [1.82, 2.24) is 0 Å². The van der Waals surface area contributed by atoms with Gasteiger partial charge in [-0.15, -0.1) is 11.3 Å². The number of aliphatic hydroxyl groups excluding tert-OH is 1. The van der Waals surface area contributed by atoms with E-state index < -0.39 is 0 Å². The van der Waals surface area contributed by atoms with Gasteiger partial charge in [0.25, 0.3) is 0 Å². The Kier molecular flexibility index (Phi) is 3.73. The zero-order valence-corrected chi connectivity index (χ0v) is 11.6. The molecule has 1 N–H and O–H groups in total. The molecule has 100 valence electrons. The highest BCUT2D eigenvalue weighted by Crippen LogP contribution is 2.52. The third kappa shape index (κ3) is 2.24. The summed E-state index contributed by atoms with van der Waals surface area (Å²) in [5.74, 6) is 0. The summed E-state index contributed by atoms with van der Waals surface area (Å²) < 4.78 is 6.09. The van der Waals surface area contributed by atoms with Gasteiger partial charge in [-0.25, -0.2) is 0 Å². The van der Waals surface area contributed by atoms with Crippen LogP contribution in [-0.2, 0) is 11.3 Å². The highest BCUT2D eigenvalue weighted by Gasteiger charge is 2.54. The second kappa shape index (κ2) is 5.32. The first-order valence-electron chi connectivity index (χ1n) is 7.13. The molecular weight excluding hydrogens is 244 g/mol. The molecule has 18 heavy (non-hydrogen) atoms. The molecule has 2 fully saturated rings. The predicted molar refractivity (Wildman–Crippen MR) is 73.7 cm³/mol. The summed E-state index contributed by atoms with van der Waals surface area (Å²) >= 11 is 1.75. The van der Waals surface area contributed by atoms with Crippen LogP contribution in [0.4, 0.5) is 0 Å². The van der Waals surface area contributed by atoms with E-state index in [0.717, 1.165) is 25.9 Å².